The summed E-state index contributed by atoms with van der Waals surface area (Å²) < 4.78 is 25.4. The molecule has 2 aliphatic heterocycles. The molecule has 2 aliphatic rings. The molecule has 0 aromatic rings. The van der Waals surface area contributed by atoms with E-state index < -0.39 is 15.8 Å². The van der Waals surface area contributed by atoms with Gasteiger partial charge < -0.3 is 10.6 Å². The first-order valence-corrected chi connectivity index (χ1v) is 9.08. The van der Waals surface area contributed by atoms with Crippen molar-refractivity contribution in [2.24, 2.45) is 0 Å². The Morgan fingerprint density at radius 1 is 1.20 bits per heavy atom. The van der Waals surface area contributed by atoms with Gasteiger partial charge in [-0.25, -0.2) is 12.7 Å². The molecule has 2 fully saturated rings. The number of fused-ring (bicyclic) bond motifs is 2. The second-order valence-corrected chi connectivity index (χ2v) is 7.68. The van der Waals surface area contributed by atoms with Crippen molar-refractivity contribution in [3.63, 3.8) is 0 Å². The van der Waals surface area contributed by atoms with E-state index in [9.17, 15) is 13.2 Å². The Balaban J connectivity index is 1.86. The number of carbonyl (C=O) groups excluding carboxylic acids is 1. The van der Waals surface area contributed by atoms with Crippen LogP contribution in [0.15, 0.2) is 0 Å². The van der Waals surface area contributed by atoms with Gasteiger partial charge in [0, 0.05) is 31.2 Å². The summed E-state index contributed by atoms with van der Waals surface area (Å²) in [5, 5.41) is 6.39. The summed E-state index contributed by atoms with van der Waals surface area (Å²) >= 11 is 0. The minimum absolute atomic E-state index is 0.119. The van der Waals surface area contributed by atoms with Crippen LogP contribution in [-0.4, -0.2) is 55.6 Å². The van der Waals surface area contributed by atoms with Crippen molar-refractivity contribution in [2.75, 3.05) is 18.8 Å². The molecule has 0 saturated carbocycles. The Morgan fingerprint density at radius 2 is 1.75 bits per heavy atom. The lowest BCUT2D eigenvalue weighted by Crippen LogP contribution is -2.50. The van der Waals surface area contributed by atoms with Crippen molar-refractivity contribution < 1.29 is 13.2 Å². The van der Waals surface area contributed by atoms with Crippen LogP contribution in [0.2, 0.25) is 0 Å². The van der Waals surface area contributed by atoms with Gasteiger partial charge in [-0.2, -0.15) is 0 Å². The summed E-state index contributed by atoms with van der Waals surface area (Å²) in [7, 11) is -3.48. The highest BCUT2D eigenvalue weighted by molar-refractivity contribution is 7.89. The van der Waals surface area contributed by atoms with E-state index in [4.69, 9.17) is 0 Å². The van der Waals surface area contributed by atoms with Gasteiger partial charge in [0.25, 0.3) is 0 Å². The molecule has 2 bridgehead atoms. The Hall–Kier alpha value is -0.660. The molecule has 116 valence electrons. The maximum absolute atomic E-state index is 12.0. The van der Waals surface area contributed by atoms with Crippen LogP contribution in [0.3, 0.4) is 0 Å². The molecule has 2 N–H and O–H groups in total. The van der Waals surface area contributed by atoms with Gasteiger partial charge in [-0.3, -0.25) is 4.79 Å². The predicted molar refractivity (Wildman–Crippen MR) is 77.8 cm³/mol. The fourth-order valence-electron chi connectivity index (χ4n) is 3.32. The minimum Gasteiger partial charge on any atom is -0.352 e. The molecular formula is C13H25N3O3S. The van der Waals surface area contributed by atoms with E-state index in [1.807, 2.05) is 0 Å². The molecule has 1 amide bonds. The highest BCUT2D eigenvalue weighted by Crippen LogP contribution is 2.26. The first-order valence-electron chi connectivity index (χ1n) is 7.47. The van der Waals surface area contributed by atoms with E-state index in [0.717, 1.165) is 25.7 Å². The summed E-state index contributed by atoms with van der Waals surface area (Å²) in [6.45, 7) is 4.38. The zero-order valence-corrected chi connectivity index (χ0v) is 13.1. The highest BCUT2D eigenvalue weighted by Gasteiger charge is 2.34. The highest BCUT2D eigenvalue weighted by atomic mass is 32.2. The van der Waals surface area contributed by atoms with Crippen LogP contribution >= 0.6 is 0 Å². The smallest absolute Gasteiger partial charge is 0.236 e. The van der Waals surface area contributed by atoms with Gasteiger partial charge in [0.05, 0.1) is 0 Å². The molecule has 2 atom stereocenters. The van der Waals surface area contributed by atoms with Crippen LogP contribution in [0.4, 0.5) is 0 Å². The summed E-state index contributed by atoms with van der Waals surface area (Å²) in [6, 6.07) is 1.09. The lowest BCUT2D eigenvalue weighted by Gasteiger charge is -2.30. The number of carbonyl (C=O) groups is 1. The van der Waals surface area contributed by atoms with E-state index in [1.165, 1.54) is 4.31 Å². The van der Waals surface area contributed by atoms with Gasteiger partial charge in [-0.1, -0.05) is 13.8 Å². The fraction of sp³-hybridized carbons (Fsp3) is 0.923. The van der Waals surface area contributed by atoms with Gasteiger partial charge in [0.1, 0.15) is 5.75 Å². The molecule has 0 aliphatic carbocycles. The number of hydrogen-bond acceptors (Lipinski definition) is 4. The third kappa shape index (κ3) is 3.71. The Bertz CT molecular complexity index is 436. The zero-order valence-electron chi connectivity index (χ0n) is 12.3. The molecule has 20 heavy (non-hydrogen) atoms. The Morgan fingerprint density at radius 3 is 2.25 bits per heavy atom. The molecule has 0 spiro atoms. The maximum Gasteiger partial charge on any atom is 0.236 e. The van der Waals surface area contributed by atoms with E-state index in [-0.39, 0.29) is 11.9 Å². The van der Waals surface area contributed by atoms with E-state index in [2.05, 4.69) is 10.6 Å². The average molecular weight is 303 g/mol. The topological polar surface area (TPSA) is 78.5 Å². The molecule has 7 heteroatoms. The van der Waals surface area contributed by atoms with Gasteiger partial charge in [0.2, 0.25) is 15.9 Å². The lowest BCUT2D eigenvalue weighted by molar-refractivity contribution is -0.119. The number of amides is 1. The zero-order chi connectivity index (χ0) is 14.8. The predicted octanol–water partition coefficient (Wildman–Crippen LogP) is 0.0572. The largest absolute Gasteiger partial charge is 0.352 e. The number of nitrogens with zero attached hydrogens (tertiary/aromatic N) is 1. The number of rotatable bonds is 6. The van der Waals surface area contributed by atoms with Crippen molar-refractivity contribution in [1.82, 2.24) is 14.9 Å². The first kappa shape index (κ1) is 15.7. The molecule has 0 aromatic heterocycles. The molecule has 2 saturated heterocycles. The van der Waals surface area contributed by atoms with Gasteiger partial charge in [-0.15, -0.1) is 0 Å². The number of nitrogens with one attached hydrogen (secondary N) is 2. The van der Waals surface area contributed by atoms with Crippen LogP contribution in [0.1, 0.15) is 39.5 Å². The molecule has 6 nitrogen and oxygen atoms in total. The second-order valence-electron chi connectivity index (χ2n) is 5.71. The van der Waals surface area contributed by atoms with Crippen LogP contribution in [0.5, 0.6) is 0 Å². The van der Waals surface area contributed by atoms with Crippen molar-refractivity contribution in [3.05, 3.63) is 0 Å². The van der Waals surface area contributed by atoms with E-state index >= 15 is 0 Å². The molecule has 2 heterocycles. The van der Waals surface area contributed by atoms with Crippen molar-refractivity contribution in [1.29, 1.82) is 0 Å². The van der Waals surface area contributed by atoms with Crippen molar-refractivity contribution in [3.8, 4) is 0 Å². The molecule has 2 unspecified atom stereocenters. The lowest BCUT2D eigenvalue weighted by atomic mass is 10.00. The van der Waals surface area contributed by atoms with E-state index in [1.54, 1.807) is 13.8 Å². The number of hydrogen-bond donors (Lipinski definition) is 2. The molecule has 0 aromatic carbocycles. The van der Waals surface area contributed by atoms with Crippen molar-refractivity contribution >= 4 is 15.9 Å². The Labute approximate surface area is 121 Å². The van der Waals surface area contributed by atoms with E-state index in [0.29, 0.717) is 25.2 Å². The molecule has 0 radical (unpaired) electrons. The number of sulfonamides is 1. The maximum atomic E-state index is 12.0. The summed E-state index contributed by atoms with van der Waals surface area (Å²) in [5.74, 6) is -0.809. The normalized spacial score (nSPS) is 29.6. The van der Waals surface area contributed by atoms with Crippen LogP contribution in [0.25, 0.3) is 0 Å². The van der Waals surface area contributed by atoms with Crippen molar-refractivity contribution in [2.45, 2.75) is 57.7 Å². The van der Waals surface area contributed by atoms with Gasteiger partial charge >= 0.3 is 0 Å². The summed E-state index contributed by atoms with van der Waals surface area (Å²) in [4.78, 5) is 12.0. The van der Waals surface area contributed by atoms with Crippen LogP contribution in [0, 0.1) is 0 Å². The SMILES string of the molecule is CCN(CC)S(=O)(=O)CC(=O)NC1CC2CCC(C1)N2. The van der Waals surface area contributed by atoms with Crippen LogP contribution in [-0.2, 0) is 14.8 Å². The molecule has 2 rings (SSSR count). The summed E-state index contributed by atoms with van der Waals surface area (Å²) in [5.41, 5.74) is 0. The third-order valence-electron chi connectivity index (χ3n) is 4.25. The quantitative estimate of drug-likeness (QED) is 0.727. The monoisotopic (exact) mass is 303 g/mol. The van der Waals surface area contributed by atoms with Crippen LogP contribution < -0.4 is 10.6 Å². The Kier molecular flexibility index (Phi) is 5.04. The third-order valence-corrected chi connectivity index (χ3v) is 6.18. The standard InChI is InChI=1S/C13H25N3O3S/c1-3-16(4-2)20(18,19)9-13(17)15-12-7-10-5-6-11(8-12)14-10/h10-12,14H,3-9H2,1-2H3,(H,15,17). The summed E-state index contributed by atoms with van der Waals surface area (Å²) in [6.07, 6.45) is 4.14. The first-order chi connectivity index (χ1) is 9.44. The average Bonchev–Trinajstić information content (AvgIpc) is 2.68. The minimum atomic E-state index is -3.48. The fourth-order valence-corrected chi connectivity index (χ4v) is 4.70. The van der Waals surface area contributed by atoms with Gasteiger partial charge in [0.15, 0.2) is 0 Å². The molecular weight excluding hydrogens is 278 g/mol. The number of piperidine rings is 1. The second kappa shape index (κ2) is 6.41. The van der Waals surface area contributed by atoms with Gasteiger partial charge in [-0.05, 0) is 25.7 Å².